The van der Waals surface area contributed by atoms with Crippen LogP contribution in [0.2, 0.25) is 0 Å². The van der Waals surface area contributed by atoms with Gasteiger partial charge in [-0.15, -0.1) is 0 Å². The van der Waals surface area contributed by atoms with Crippen molar-refractivity contribution >= 4 is 10.9 Å². The first kappa shape index (κ1) is 29.1. The number of nitrogens with zero attached hydrogens (tertiary/aromatic N) is 2. The minimum atomic E-state index is -0.0736. The summed E-state index contributed by atoms with van der Waals surface area (Å²) < 4.78 is 0. The molecule has 2 aromatic heterocycles. The van der Waals surface area contributed by atoms with Gasteiger partial charge < -0.3 is 0 Å². The molecule has 2 nitrogen and oxygen atoms in total. The van der Waals surface area contributed by atoms with E-state index in [1.165, 1.54) is 27.8 Å². The van der Waals surface area contributed by atoms with E-state index in [9.17, 15) is 0 Å². The third-order valence-electron chi connectivity index (χ3n) is 10.1. The molecule has 1 aliphatic carbocycles. The zero-order valence-corrected chi connectivity index (χ0v) is 27.6. The van der Waals surface area contributed by atoms with Gasteiger partial charge in [-0.3, -0.25) is 0 Å². The van der Waals surface area contributed by atoms with E-state index in [0.717, 1.165) is 61.4 Å². The second kappa shape index (κ2) is 11.5. The fraction of sp³-hybridized carbons (Fsp3) is 0.0638. The smallest absolute Gasteiger partial charge is 0.0716 e. The number of hydrogen-bond donors (Lipinski definition) is 0. The molecule has 1 aliphatic rings. The number of rotatable bonds is 5. The normalized spacial score (nSPS) is 12.9. The van der Waals surface area contributed by atoms with Crippen molar-refractivity contribution in [3.63, 3.8) is 0 Å². The maximum Gasteiger partial charge on any atom is 0.0716 e. The zero-order chi connectivity index (χ0) is 33.0. The molecule has 2 heteroatoms. The van der Waals surface area contributed by atoms with Crippen molar-refractivity contribution in [1.29, 1.82) is 0 Å². The van der Waals surface area contributed by atoms with Gasteiger partial charge in [0.25, 0.3) is 0 Å². The molecule has 0 saturated carbocycles. The Bertz CT molecular complexity index is 2440. The Morgan fingerprint density at radius 2 is 0.898 bits per heavy atom. The molecule has 0 bridgehead atoms. The van der Waals surface area contributed by atoms with Crippen molar-refractivity contribution in [2.75, 3.05) is 0 Å². The molecule has 0 unspecified atom stereocenters. The van der Waals surface area contributed by atoms with Crippen LogP contribution in [0, 0.1) is 0 Å². The van der Waals surface area contributed by atoms with Crippen LogP contribution in [0.4, 0.5) is 0 Å². The number of fused-ring (bicyclic) bond motifs is 4. The molecule has 0 fully saturated rings. The van der Waals surface area contributed by atoms with Crippen LogP contribution < -0.4 is 0 Å². The van der Waals surface area contributed by atoms with Crippen molar-refractivity contribution in [3.8, 4) is 67.2 Å². The predicted octanol–water partition coefficient (Wildman–Crippen LogP) is 12.3. The van der Waals surface area contributed by atoms with Crippen LogP contribution in [-0.4, -0.2) is 9.97 Å². The summed E-state index contributed by atoms with van der Waals surface area (Å²) in [5.41, 5.74) is 17.1. The summed E-state index contributed by atoms with van der Waals surface area (Å²) >= 11 is 0. The monoisotopic (exact) mass is 626 g/mol. The van der Waals surface area contributed by atoms with Crippen LogP contribution >= 0.6 is 0 Å². The van der Waals surface area contributed by atoms with Gasteiger partial charge in [-0.1, -0.05) is 147 Å². The van der Waals surface area contributed by atoms with Gasteiger partial charge >= 0.3 is 0 Å². The molecule has 8 aromatic rings. The van der Waals surface area contributed by atoms with Gasteiger partial charge in [-0.2, -0.15) is 0 Å². The van der Waals surface area contributed by atoms with E-state index in [4.69, 9.17) is 9.97 Å². The number of aromatic nitrogens is 2. The van der Waals surface area contributed by atoms with Gasteiger partial charge in [0.05, 0.1) is 22.6 Å². The van der Waals surface area contributed by atoms with E-state index in [2.05, 4.69) is 178 Å². The van der Waals surface area contributed by atoms with Crippen LogP contribution in [0.1, 0.15) is 25.0 Å². The molecular formula is C47H34N2. The summed E-state index contributed by atoms with van der Waals surface area (Å²) in [6, 6.07) is 60.6. The van der Waals surface area contributed by atoms with Gasteiger partial charge in [0.2, 0.25) is 0 Å². The molecule has 0 saturated heterocycles. The lowest BCUT2D eigenvalue weighted by Crippen LogP contribution is -2.14. The Morgan fingerprint density at radius 3 is 1.63 bits per heavy atom. The summed E-state index contributed by atoms with van der Waals surface area (Å²) in [5.74, 6) is 0. The van der Waals surface area contributed by atoms with E-state index < -0.39 is 0 Å². The standard InChI is InChI=1S/C47H34N2/c1-47(2)41-21-13-12-20-37(41)38-24-22-35(27-42(38)47)46-30-39(32-16-8-4-9-17-32)40-26-34(23-25-43(40)48-46)45-29-36(31-14-6-3-7-15-31)28-44(49-45)33-18-10-5-11-19-33/h3-30H,1-2H3. The SMILES string of the molecule is CC1(C)c2ccccc2-c2ccc(-c3cc(-c4ccccc4)c4cc(-c5cc(-c6ccccc6)cc(-c6ccccc6)n5)ccc4n3)cc21. The molecule has 49 heavy (non-hydrogen) atoms. The van der Waals surface area contributed by atoms with Gasteiger partial charge in [0, 0.05) is 27.5 Å². The van der Waals surface area contributed by atoms with Gasteiger partial charge in [-0.25, -0.2) is 9.97 Å². The highest BCUT2D eigenvalue weighted by atomic mass is 14.7. The maximum absolute atomic E-state index is 5.30. The van der Waals surface area contributed by atoms with Crippen LogP contribution in [0.5, 0.6) is 0 Å². The van der Waals surface area contributed by atoms with Gasteiger partial charge in [0.1, 0.15) is 0 Å². The van der Waals surface area contributed by atoms with E-state index in [0.29, 0.717) is 0 Å². The highest BCUT2D eigenvalue weighted by molar-refractivity contribution is 5.99. The summed E-state index contributed by atoms with van der Waals surface area (Å²) in [5, 5.41) is 1.11. The molecule has 0 N–H and O–H groups in total. The second-order valence-corrected chi connectivity index (χ2v) is 13.4. The summed E-state index contributed by atoms with van der Waals surface area (Å²) in [4.78, 5) is 10.5. The molecule has 0 radical (unpaired) electrons. The van der Waals surface area contributed by atoms with Crippen LogP contribution in [-0.2, 0) is 5.41 Å². The van der Waals surface area contributed by atoms with E-state index in [1.807, 2.05) is 6.07 Å². The predicted molar refractivity (Wildman–Crippen MR) is 204 cm³/mol. The Balaban J connectivity index is 1.21. The fourth-order valence-corrected chi connectivity index (χ4v) is 7.49. The molecule has 9 rings (SSSR count). The molecule has 0 atom stereocenters. The third kappa shape index (κ3) is 5.05. The Morgan fingerprint density at radius 1 is 0.347 bits per heavy atom. The first-order valence-electron chi connectivity index (χ1n) is 16.9. The molecule has 6 aromatic carbocycles. The van der Waals surface area contributed by atoms with E-state index >= 15 is 0 Å². The number of pyridine rings is 2. The van der Waals surface area contributed by atoms with Crippen molar-refractivity contribution < 1.29 is 0 Å². The molecular weight excluding hydrogens is 593 g/mol. The molecule has 232 valence electrons. The average molecular weight is 627 g/mol. The minimum Gasteiger partial charge on any atom is -0.248 e. The van der Waals surface area contributed by atoms with Crippen molar-refractivity contribution in [3.05, 3.63) is 181 Å². The zero-order valence-electron chi connectivity index (χ0n) is 27.6. The van der Waals surface area contributed by atoms with E-state index in [-0.39, 0.29) is 5.41 Å². The third-order valence-corrected chi connectivity index (χ3v) is 10.1. The van der Waals surface area contributed by atoms with E-state index in [1.54, 1.807) is 0 Å². The lowest BCUT2D eigenvalue weighted by atomic mass is 9.82. The summed E-state index contributed by atoms with van der Waals surface area (Å²) in [7, 11) is 0. The van der Waals surface area contributed by atoms with Crippen LogP contribution in [0.15, 0.2) is 170 Å². The first-order chi connectivity index (χ1) is 24.0. The summed E-state index contributed by atoms with van der Waals surface area (Å²) in [6.07, 6.45) is 0. The Labute approximate surface area is 287 Å². The molecule has 0 aliphatic heterocycles. The number of benzene rings is 6. The molecule has 0 spiro atoms. The quantitative estimate of drug-likeness (QED) is 0.190. The largest absolute Gasteiger partial charge is 0.248 e. The lowest BCUT2D eigenvalue weighted by Gasteiger charge is -2.22. The Hall–Kier alpha value is -6.12. The summed E-state index contributed by atoms with van der Waals surface area (Å²) in [6.45, 7) is 4.66. The fourth-order valence-electron chi connectivity index (χ4n) is 7.49. The number of hydrogen-bond acceptors (Lipinski definition) is 2. The topological polar surface area (TPSA) is 25.8 Å². The second-order valence-electron chi connectivity index (χ2n) is 13.4. The van der Waals surface area contributed by atoms with Crippen LogP contribution in [0.25, 0.3) is 78.1 Å². The van der Waals surface area contributed by atoms with Crippen molar-refractivity contribution in [2.24, 2.45) is 0 Å². The van der Waals surface area contributed by atoms with Gasteiger partial charge in [0.15, 0.2) is 0 Å². The first-order valence-corrected chi connectivity index (χ1v) is 16.9. The van der Waals surface area contributed by atoms with Crippen molar-refractivity contribution in [1.82, 2.24) is 9.97 Å². The Kier molecular flexibility index (Phi) is 6.84. The van der Waals surface area contributed by atoms with Crippen molar-refractivity contribution in [2.45, 2.75) is 19.3 Å². The van der Waals surface area contributed by atoms with Gasteiger partial charge in [-0.05, 0) is 80.9 Å². The molecule has 2 heterocycles. The minimum absolute atomic E-state index is 0.0736. The average Bonchev–Trinajstić information content (AvgIpc) is 3.40. The lowest BCUT2D eigenvalue weighted by molar-refractivity contribution is 0.660. The van der Waals surface area contributed by atoms with Crippen LogP contribution in [0.3, 0.4) is 0 Å². The highest BCUT2D eigenvalue weighted by Crippen LogP contribution is 2.49. The highest BCUT2D eigenvalue weighted by Gasteiger charge is 2.35. The maximum atomic E-state index is 5.30. The molecule has 0 amide bonds.